The molecule has 0 spiro atoms. The Morgan fingerprint density at radius 1 is 1.47 bits per heavy atom. The highest BCUT2D eigenvalue weighted by Crippen LogP contribution is 2.35. The summed E-state index contributed by atoms with van der Waals surface area (Å²) in [5.41, 5.74) is -0.469. The van der Waals surface area contributed by atoms with E-state index in [-0.39, 0.29) is 28.1 Å². The zero-order valence-electron chi connectivity index (χ0n) is 9.45. The monoisotopic (exact) mass is 283 g/mol. The van der Waals surface area contributed by atoms with Crippen LogP contribution in [0.3, 0.4) is 0 Å². The summed E-state index contributed by atoms with van der Waals surface area (Å²) in [4.78, 5) is 11.5. The van der Waals surface area contributed by atoms with Gasteiger partial charge in [0.2, 0.25) is 5.82 Å². The lowest BCUT2D eigenvalue weighted by Gasteiger charge is -2.00. The molecule has 9 heteroatoms. The minimum Gasteiger partial charge on any atom is -0.258 e. The Morgan fingerprint density at radius 2 is 2.21 bits per heavy atom. The minimum absolute atomic E-state index is 0.0177. The van der Waals surface area contributed by atoms with Gasteiger partial charge in [-0.2, -0.15) is 4.80 Å². The third kappa shape index (κ3) is 2.14. The van der Waals surface area contributed by atoms with Crippen LogP contribution in [0.4, 0.5) is 10.1 Å². The van der Waals surface area contributed by atoms with Gasteiger partial charge in [-0.1, -0.05) is 11.6 Å². The zero-order chi connectivity index (χ0) is 13.6. The first-order valence-corrected chi connectivity index (χ1v) is 5.87. The van der Waals surface area contributed by atoms with Gasteiger partial charge in [0.25, 0.3) is 5.69 Å². The molecule has 0 unspecified atom stereocenters. The van der Waals surface area contributed by atoms with Crippen molar-refractivity contribution < 1.29 is 9.31 Å². The van der Waals surface area contributed by atoms with Crippen molar-refractivity contribution >= 4 is 17.3 Å². The third-order valence-electron chi connectivity index (χ3n) is 2.78. The topological polar surface area (TPSA) is 86.7 Å². The summed E-state index contributed by atoms with van der Waals surface area (Å²) in [7, 11) is 0. The predicted octanol–water partition coefficient (Wildman–Crippen LogP) is 2.38. The number of nitro groups is 1. The van der Waals surface area contributed by atoms with Crippen LogP contribution in [0, 0.1) is 15.9 Å². The molecule has 1 aromatic carbocycles. The Hall–Kier alpha value is -2.09. The third-order valence-corrected chi connectivity index (χ3v) is 3.08. The van der Waals surface area contributed by atoms with E-state index >= 15 is 0 Å². The quantitative estimate of drug-likeness (QED) is 0.637. The molecule has 2 aromatic rings. The lowest BCUT2D eigenvalue weighted by atomic mass is 10.2. The largest absolute Gasteiger partial charge is 0.288 e. The van der Waals surface area contributed by atoms with Crippen LogP contribution in [0.15, 0.2) is 12.1 Å². The Balaban J connectivity index is 2.07. The summed E-state index contributed by atoms with van der Waals surface area (Å²) in [5.74, 6) is -0.699. The van der Waals surface area contributed by atoms with Gasteiger partial charge < -0.3 is 0 Å². The van der Waals surface area contributed by atoms with Crippen molar-refractivity contribution in [2.45, 2.75) is 18.9 Å². The van der Waals surface area contributed by atoms with Gasteiger partial charge in [0.15, 0.2) is 0 Å². The number of tetrazole rings is 1. The van der Waals surface area contributed by atoms with Crippen molar-refractivity contribution in [1.29, 1.82) is 0 Å². The fourth-order valence-electron chi connectivity index (χ4n) is 1.64. The van der Waals surface area contributed by atoms with Crippen molar-refractivity contribution in [3.63, 3.8) is 0 Å². The molecule has 1 aliphatic carbocycles. The molecule has 0 N–H and O–H groups in total. The van der Waals surface area contributed by atoms with Crippen molar-refractivity contribution in [3.05, 3.63) is 33.1 Å². The van der Waals surface area contributed by atoms with Crippen molar-refractivity contribution in [2.75, 3.05) is 0 Å². The first kappa shape index (κ1) is 12.0. The lowest BCUT2D eigenvalue weighted by Crippen LogP contribution is -1.98. The molecular formula is C10H7ClFN5O2. The predicted molar refractivity (Wildman–Crippen MR) is 63.1 cm³/mol. The van der Waals surface area contributed by atoms with Gasteiger partial charge in [-0.3, -0.25) is 10.1 Å². The fraction of sp³-hybridized carbons (Fsp3) is 0.300. The van der Waals surface area contributed by atoms with E-state index in [0.717, 1.165) is 25.0 Å². The molecule has 98 valence electrons. The second kappa shape index (κ2) is 4.23. The Bertz CT molecular complexity index is 670. The summed E-state index contributed by atoms with van der Waals surface area (Å²) in [5, 5.41) is 22.0. The molecule has 19 heavy (non-hydrogen) atoms. The van der Waals surface area contributed by atoms with Gasteiger partial charge in [0.05, 0.1) is 16.5 Å². The van der Waals surface area contributed by atoms with Crippen LogP contribution in [0.2, 0.25) is 5.02 Å². The molecule has 1 saturated carbocycles. The SMILES string of the molecule is O=[N+]([O-])c1cc(-c2nnn(C3CC3)n2)c(F)cc1Cl. The molecule has 3 rings (SSSR count). The molecule has 1 aromatic heterocycles. The van der Waals surface area contributed by atoms with Gasteiger partial charge in [-0.05, 0) is 18.1 Å². The van der Waals surface area contributed by atoms with E-state index in [1.807, 2.05) is 0 Å². The van der Waals surface area contributed by atoms with Gasteiger partial charge >= 0.3 is 0 Å². The van der Waals surface area contributed by atoms with Crippen molar-refractivity contribution in [2.24, 2.45) is 0 Å². The number of hydrogen-bond acceptors (Lipinski definition) is 5. The highest BCUT2D eigenvalue weighted by atomic mass is 35.5. The number of benzene rings is 1. The van der Waals surface area contributed by atoms with Crippen LogP contribution < -0.4 is 0 Å². The average molecular weight is 284 g/mol. The van der Waals surface area contributed by atoms with Crippen LogP contribution in [0.1, 0.15) is 18.9 Å². The molecule has 0 aliphatic heterocycles. The highest BCUT2D eigenvalue weighted by molar-refractivity contribution is 6.32. The molecule has 0 saturated heterocycles. The molecule has 7 nitrogen and oxygen atoms in total. The Kier molecular flexibility index (Phi) is 2.67. The Labute approximate surface area is 111 Å². The van der Waals surface area contributed by atoms with Crippen molar-refractivity contribution in [1.82, 2.24) is 20.2 Å². The summed E-state index contributed by atoms with van der Waals surface area (Å²) < 4.78 is 13.8. The maximum Gasteiger partial charge on any atom is 0.288 e. The number of nitrogens with zero attached hydrogens (tertiary/aromatic N) is 5. The number of rotatable bonds is 3. The molecule has 1 heterocycles. The van der Waals surface area contributed by atoms with Gasteiger partial charge in [-0.15, -0.1) is 10.2 Å². The van der Waals surface area contributed by atoms with Gasteiger partial charge in [-0.25, -0.2) is 4.39 Å². The number of nitro benzene ring substituents is 1. The number of halogens is 2. The van der Waals surface area contributed by atoms with Crippen LogP contribution in [-0.2, 0) is 0 Å². The van der Waals surface area contributed by atoms with E-state index in [1.54, 1.807) is 0 Å². The summed E-state index contributed by atoms with van der Waals surface area (Å²) in [6.45, 7) is 0. The molecule has 0 radical (unpaired) electrons. The van der Waals surface area contributed by atoms with Crippen LogP contribution in [0.25, 0.3) is 11.4 Å². The van der Waals surface area contributed by atoms with Crippen LogP contribution in [-0.4, -0.2) is 25.1 Å². The van der Waals surface area contributed by atoms with Crippen LogP contribution >= 0.6 is 11.6 Å². The smallest absolute Gasteiger partial charge is 0.258 e. The highest BCUT2D eigenvalue weighted by Gasteiger charge is 2.27. The summed E-state index contributed by atoms with van der Waals surface area (Å²) >= 11 is 5.61. The van der Waals surface area contributed by atoms with Gasteiger partial charge in [0.1, 0.15) is 10.8 Å². The summed E-state index contributed by atoms with van der Waals surface area (Å²) in [6, 6.07) is 2.10. The van der Waals surface area contributed by atoms with E-state index in [2.05, 4.69) is 15.4 Å². The van der Waals surface area contributed by atoms with E-state index in [9.17, 15) is 14.5 Å². The molecular weight excluding hydrogens is 277 g/mol. The maximum atomic E-state index is 13.8. The van der Waals surface area contributed by atoms with Gasteiger partial charge in [0, 0.05) is 12.1 Å². The molecule has 0 bridgehead atoms. The van der Waals surface area contributed by atoms with Crippen LogP contribution in [0.5, 0.6) is 0 Å². The second-order valence-corrected chi connectivity index (χ2v) is 4.61. The molecule has 0 atom stereocenters. The van der Waals surface area contributed by atoms with E-state index < -0.39 is 10.7 Å². The van der Waals surface area contributed by atoms with E-state index in [1.165, 1.54) is 4.80 Å². The lowest BCUT2D eigenvalue weighted by molar-refractivity contribution is -0.384. The minimum atomic E-state index is -0.717. The number of aromatic nitrogens is 4. The zero-order valence-corrected chi connectivity index (χ0v) is 10.2. The first-order chi connectivity index (χ1) is 9.06. The number of hydrogen-bond donors (Lipinski definition) is 0. The first-order valence-electron chi connectivity index (χ1n) is 5.49. The second-order valence-electron chi connectivity index (χ2n) is 4.21. The standard InChI is InChI=1S/C10H7ClFN5O2/c11-7-4-8(12)6(3-9(7)17(18)19)10-13-15-16(14-10)5-1-2-5/h3-5H,1-2H2. The average Bonchev–Trinajstić information content (AvgIpc) is 3.08. The Morgan fingerprint density at radius 3 is 2.84 bits per heavy atom. The van der Waals surface area contributed by atoms with E-state index in [4.69, 9.17) is 11.6 Å². The normalized spacial score (nSPS) is 14.6. The summed E-state index contributed by atoms with van der Waals surface area (Å²) in [6.07, 6.45) is 1.91. The molecule has 0 amide bonds. The maximum absolute atomic E-state index is 13.8. The fourth-order valence-corrected chi connectivity index (χ4v) is 1.86. The molecule has 1 aliphatic rings. The molecule has 1 fully saturated rings. The van der Waals surface area contributed by atoms with Crippen molar-refractivity contribution in [3.8, 4) is 11.4 Å². The van der Waals surface area contributed by atoms with E-state index in [0.29, 0.717) is 0 Å².